The number of rotatable bonds is 10. The third kappa shape index (κ3) is 6.10. The quantitative estimate of drug-likeness (QED) is 0.369. The number of unbranched alkanes of at least 4 members (excludes halogenated alkanes) is 1. The second-order valence-electron chi connectivity index (χ2n) is 9.04. The molecule has 0 N–H and O–H groups in total. The van der Waals surface area contributed by atoms with E-state index in [0.29, 0.717) is 5.89 Å². The molecular formula is C28H35N3O2. The minimum atomic E-state index is -0.116. The zero-order chi connectivity index (χ0) is 22.9. The standard InChI is InChI=1S/C28H35N3O2/c1-2-3-18-24(23-16-8-5-9-17-23)28(32)31-21-11-10-19-25(31)27-29-26(30-33-27)20-12-15-22-13-6-4-7-14-22/h4-9,13-14,16-17,24-25H,2-3,10-12,15,18-21H2,1H3. The predicted molar refractivity (Wildman–Crippen MR) is 130 cm³/mol. The largest absolute Gasteiger partial charge is 0.337 e. The Morgan fingerprint density at radius 3 is 2.55 bits per heavy atom. The fraction of sp³-hybridized carbons (Fsp3) is 0.464. The SMILES string of the molecule is CCCCC(C(=O)N1CCCCC1c1nc(CCCc2ccccc2)no1)c1ccccc1. The van der Waals surface area contributed by atoms with Crippen LogP contribution < -0.4 is 0 Å². The summed E-state index contributed by atoms with van der Waals surface area (Å²) in [5.74, 6) is 1.42. The topological polar surface area (TPSA) is 59.2 Å². The van der Waals surface area contributed by atoms with E-state index in [-0.39, 0.29) is 17.9 Å². The molecular weight excluding hydrogens is 410 g/mol. The highest BCUT2D eigenvalue weighted by atomic mass is 16.5. The van der Waals surface area contributed by atoms with Crippen LogP contribution in [-0.2, 0) is 17.6 Å². The minimum Gasteiger partial charge on any atom is -0.337 e. The second kappa shape index (κ2) is 11.8. The van der Waals surface area contributed by atoms with Crippen molar-refractivity contribution in [2.45, 2.75) is 76.7 Å². The summed E-state index contributed by atoms with van der Waals surface area (Å²) in [6.07, 6.45) is 8.72. The molecule has 1 aliphatic rings. The first-order chi connectivity index (χ1) is 16.3. The van der Waals surface area contributed by atoms with E-state index in [1.807, 2.05) is 29.2 Å². The summed E-state index contributed by atoms with van der Waals surface area (Å²) in [6.45, 7) is 2.93. The smallest absolute Gasteiger partial charge is 0.249 e. The van der Waals surface area contributed by atoms with Gasteiger partial charge in [-0.1, -0.05) is 85.6 Å². The highest BCUT2D eigenvalue weighted by Gasteiger charge is 2.35. The van der Waals surface area contributed by atoms with E-state index >= 15 is 0 Å². The van der Waals surface area contributed by atoms with E-state index in [1.54, 1.807) is 0 Å². The number of amides is 1. The third-order valence-corrected chi connectivity index (χ3v) is 6.61. The Labute approximate surface area is 197 Å². The number of aryl methyl sites for hydroxylation is 2. The van der Waals surface area contributed by atoms with Crippen molar-refractivity contribution in [3.8, 4) is 0 Å². The predicted octanol–water partition coefficient (Wildman–Crippen LogP) is 6.27. The number of piperidine rings is 1. The van der Waals surface area contributed by atoms with Gasteiger partial charge in [0.2, 0.25) is 11.8 Å². The Kier molecular flexibility index (Phi) is 8.29. The summed E-state index contributed by atoms with van der Waals surface area (Å²) >= 11 is 0. The van der Waals surface area contributed by atoms with Crippen molar-refractivity contribution in [3.63, 3.8) is 0 Å². The first-order valence-electron chi connectivity index (χ1n) is 12.5. The van der Waals surface area contributed by atoms with E-state index in [4.69, 9.17) is 9.51 Å². The van der Waals surface area contributed by atoms with Crippen molar-refractivity contribution in [1.29, 1.82) is 0 Å². The second-order valence-corrected chi connectivity index (χ2v) is 9.04. The van der Waals surface area contributed by atoms with Gasteiger partial charge in [0.05, 0.1) is 5.92 Å². The van der Waals surface area contributed by atoms with Crippen LogP contribution in [0.1, 0.15) is 86.7 Å². The Bertz CT molecular complexity index is 987. The number of likely N-dealkylation sites (tertiary alicyclic amines) is 1. The molecule has 33 heavy (non-hydrogen) atoms. The van der Waals surface area contributed by atoms with Gasteiger partial charge < -0.3 is 9.42 Å². The molecule has 1 aromatic heterocycles. The maximum Gasteiger partial charge on any atom is 0.249 e. The van der Waals surface area contributed by atoms with Crippen LogP contribution in [0.2, 0.25) is 0 Å². The van der Waals surface area contributed by atoms with Gasteiger partial charge >= 0.3 is 0 Å². The Morgan fingerprint density at radius 1 is 1.03 bits per heavy atom. The first-order valence-corrected chi connectivity index (χ1v) is 12.5. The Morgan fingerprint density at radius 2 is 1.79 bits per heavy atom. The summed E-state index contributed by atoms with van der Waals surface area (Å²) in [4.78, 5) is 20.5. The molecule has 0 radical (unpaired) electrons. The summed E-state index contributed by atoms with van der Waals surface area (Å²) in [6, 6.07) is 20.6. The zero-order valence-electron chi connectivity index (χ0n) is 19.7. The minimum absolute atomic E-state index is 0.111. The number of hydrogen-bond acceptors (Lipinski definition) is 4. The molecule has 4 rings (SSSR count). The van der Waals surface area contributed by atoms with Gasteiger partial charge in [-0.25, -0.2) is 0 Å². The number of aromatic nitrogens is 2. The van der Waals surface area contributed by atoms with Crippen LogP contribution in [0.15, 0.2) is 65.2 Å². The molecule has 1 amide bonds. The Balaban J connectivity index is 1.44. The van der Waals surface area contributed by atoms with Gasteiger partial charge in [0.15, 0.2) is 5.82 Å². The lowest BCUT2D eigenvalue weighted by Crippen LogP contribution is -2.41. The van der Waals surface area contributed by atoms with Gasteiger partial charge in [-0.15, -0.1) is 0 Å². The average Bonchev–Trinajstić information content (AvgIpc) is 3.34. The maximum absolute atomic E-state index is 13.8. The van der Waals surface area contributed by atoms with E-state index in [9.17, 15) is 4.79 Å². The average molecular weight is 446 g/mol. The summed E-state index contributed by atoms with van der Waals surface area (Å²) < 4.78 is 5.70. The van der Waals surface area contributed by atoms with Crippen LogP contribution in [0.25, 0.3) is 0 Å². The van der Waals surface area contributed by atoms with Gasteiger partial charge in [-0.2, -0.15) is 4.98 Å². The highest BCUT2D eigenvalue weighted by Crippen LogP contribution is 2.34. The molecule has 2 aromatic carbocycles. The van der Waals surface area contributed by atoms with E-state index in [0.717, 1.165) is 75.7 Å². The van der Waals surface area contributed by atoms with Crippen molar-refractivity contribution in [2.75, 3.05) is 6.54 Å². The van der Waals surface area contributed by atoms with Gasteiger partial charge in [0.1, 0.15) is 6.04 Å². The van der Waals surface area contributed by atoms with Crippen molar-refractivity contribution < 1.29 is 9.32 Å². The van der Waals surface area contributed by atoms with Crippen LogP contribution in [0.4, 0.5) is 0 Å². The summed E-state index contributed by atoms with van der Waals surface area (Å²) in [5, 5.41) is 4.24. The highest BCUT2D eigenvalue weighted by molar-refractivity contribution is 5.84. The normalized spacial score (nSPS) is 17.1. The number of carbonyl (C=O) groups excluding carboxylic acids is 1. The molecule has 0 saturated carbocycles. The fourth-order valence-corrected chi connectivity index (χ4v) is 4.78. The summed E-state index contributed by atoms with van der Waals surface area (Å²) in [5.41, 5.74) is 2.43. The van der Waals surface area contributed by atoms with E-state index in [1.165, 1.54) is 5.56 Å². The van der Waals surface area contributed by atoms with E-state index < -0.39 is 0 Å². The van der Waals surface area contributed by atoms with Crippen LogP contribution in [0.3, 0.4) is 0 Å². The first kappa shape index (κ1) is 23.2. The van der Waals surface area contributed by atoms with Crippen LogP contribution >= 0.6 is 0 Å². The number of carbonyl (C=O) groups is 1. The molecule has 5 heteroatoms. The van der Waals surface area contributed by atoms with Crippen LogP contribution in [0.5, 0.6) is 0 Å². The molecule has 0 spiro atoms. The lowest BCUT2D eigenvalue weighted by atomic mass is 9.90. The number of benzene rings is 2. The monoisotopic (exact) mass is 445 g/mol. The maximum atomic E-state index is 13.8. The molecule has 5 nitrogen and oxygen atoms in total. The number of nitrogens with zero attached hydrogens (tertiary/aromatic N) is 3. The van der Waals surface area contributed by atoms with E-state index in [2.05, 4.69) is 48.5 Å². The van der Waals surface area contributed by atoms with Crippen LogP contribution in [0, 0.1) is 0 Å². The molecule has 1 fully saturated rings. The van der Waals surface area contributed by atoms with Gasteiger partial charge in [0, 0.05) is 13.0 Å². The van der Waals surface area contributed by atoms with Crippen molar-refractivity contribution in [2.24, 2.45) is 0 Å². The molecule has 1 saturated heterocycles. The molecule has 1 aliphatic heterocycles. The Hall–Kier alpha value is -2.95. The zero-order valence-corrected chi connectivity index (χ0v) is 19.7. The molecule has 0 aliphatic carbocycles. The third-order valence-electron chi connectivity index (χ3n) is 6.61. The van der Waals surface area contributed by atoms with Gasteiger partial charge in [-0.05, 0) is 49.7 Å². The number of hydrogen-bond donors (Lipinski definition) is 0. The lowest BCUT2D eigenvalue weighted by Gasteiger charge is -2.36. The molecule has 2 heterocycles. The lowest BCUT2D eigenvalue weighted by molar-refractivity contribution is -0.137. The molecule has 0 bridgehead atoms. The molecule has 2 unspecified atom stereocenters. The molecule has 3 aromatic rings. The summed E-state index contributed by atoms with van der Waals surface area (Å²) in [7, 11) is 0. The van der Waals surface area contributed by atoms with Gasteiger partial charge in [0.25, 0.3) is 0 Å². The van der Waals surface area contributed by atoms with Crippen LogP contribution in [-0.4, -0.2) is 27.5 Å². The molecule has 2 atom stereocenters. The van der Waals surface area contributed by atoms with Crippen molar-refractivity contribution in [1.82, 2.24) is 15.0 Å². The van der Waals surface area contributed by atoms with Crippen molar-refractivity contribution >= 4 is 5.91 Å². The van der Waals surface area contributed by atoms with Crippen molar-refractivity contribution in [3.05, 3.63) is 83.5 Å². The molecule has 174 valence electrons. The fourth-order valence-electron chi connectivity index (χ4n) is 4.78. The van der Waals surface area contributed by atoms with Gasteiger partial charge in [-0.3, -0.25) is 4.79 Å².